The van der Waals surface area contributed by atoms with Crippen LogP contribution in [0.1, 0.15) is 11.1 Å². The molecule has 96 valence electrons. The summed E-state index contributed by atoms with van der Waals surface area (Å²) >= 11 is 0. The standard InChI is InChI=1S/C15H15N3O/c16-13-6-3-7-14(8-13)17-15(19)18-9-11-4-1-2-5-12(11)10-18/h1-8H,9-10,16H2,(H,17,19). The predicted molar refractivity (Wildman–Crippen MR) is 75.6 cm³/mol. The van der Waals surface area contributed by atoms with Crippen molar-refractivity contribution in [2.24, 2.45) is 0 Å². The van der Waals surface area contributed by atoms with E-state index in [0.717, 1.165) is 5.69 Å². The van der Waals surface area contributed by atoms with Crippen molar-refractivity contribution in [1.29, 1.82) is 0 Å². The molecule has 4 heteroatoms. The van der Waals surface area contributed by atoms with E-state index in [1.165, 1.54) is 11.1 Å². The number of rotatable bonds is 1. The molecule has 3 rings (SSSR count). The number of carbonyl (C=O) groups is 1. The number of benzene rings is 2. The molecule has 2 aromatic rings. The summed E-state index contributed by atoms with van der Waals surface area (Å²) in [5, 5.41) is 2.87. The molecule has 1 heterocycles. The fraction of sp³-hybridized carbons (Fsp3) is 0.133. The maximum absolute atomic E-state index is 12.2. The molecule has 3 N–H and O–H groups in total. The Morgan fingerprint density at radius 2 is 1.74 bits per heavy atom. The first kappa shape index (κ1) is 11.6. The lowest BCUT2D eigenvalue weighted by molar-refractivity contribution is 0.212. The average Bonchev–Trinajstić information content (AvgIpc) is 2.82. The second-order valence-corrected chi connectivity index (χ2v) is 4.68. The molecule has 0 saturated carbocycles. The van der Waals surface area contributed by atoms with Crippen LogP contribution in [0.5, 0.6) is 0 Å². The van der Waals surface area contributed by atoms with E-state index < -0.39 is 0 Å². The van der Waals surface area contributed by atoms with E-state index in [1.807, 2.05) is 24.3 Å². The molecule has 2 aromatic carbocycles. The lowest BCUT2D eigenvalue weighted by Crippen LogP contribution is -2.30. The van der Waals surface area contributed by atoms with Crippen molar-refractivity contribution in [3.05, 3.63) is 59.7 Å². The van der Waals surface area contributed by atoms with Crippen LogP contribution in [-0.4, -0.2) is 10.9 Å². The molecule has 1 aliphatic heterocycles. The Balaban J connectivity index is 1.70. The van der Waals surface area contributed by atoms with Crippen molar-refractivity contribution in [3.63, 3.8) is 0 Å². The molecule has 19 heavy (non-hydrogen) atoms. The van der Waals surface area contributed by atoms with Gasteiger partial charge in [-0.25, -0.2) is 4.79 Å². The average molecular weight is 253 g/mol. The van der Waals surface area contributed by atoms with E-state index in [9.17, 15) is 4.79 Å². The molecule has 0 aromatic heterocycles. The fourth-order valence-electron chi connectivity index (χ4n) is 2.30. The molecule has 0 atom stereocenters. The molecule has 0 spiro atoms. The van der Waals surface area contributed by atoms with Gasteiger partial charge in [-0.2, -0.15) is 0 Å². The topological polar surface area (TPSA) is 58.4 Å². The minimum atomic E-state index is -0.0956. The molecule has 0 fully saturated rings. The van der Waals surface area contributed by atoms with Crippen LogP contribution in [0.25, 0.3) is 0 Å². The number of fused-ring (bicyclic) bond motifs is 1. The SMILES string of the molecule is Nc1cccc(NC(=O)N2Cc3ccccc3C2)c1. The normalized spacial score (nSPS) is 13.2. The Hall–Kier alpha value is -2.49. The molecule has 2 amide bonds. The van der Waals surface area contributed by atoms with Gasteiger partial charge in [0, 0.05) is 24.5 Å². The Morgan fingerprint density at radius 1 is 1.05 bits per heavy atom. The number of nitrogens with one attached hydrogen (secondary N) is 1. The summed E-state index contributed by atoms with van der Waals surface area (Å²) in [4.78, 5) is 14.0. The van der Waals surface area contributed by atoms with Crippen LogP contribution < -0.4 is 11.1 Å². The molecular formula is C15H15N3O. The number of nitrogens with two attached hydrogens (primary N) is 1. The molecular weight excluding hydrogens is 238 g/mol. The van der Waals surface area contributed by atoms with Gasteiger partial charge in [0.1, 0.15) is 0 Å². The van der Waals surface area contributed by atoms with E-state index in [-0.39, 0.29) is 6.03 Å². The quantitative estimate of drug-likeness (QED) is 0.768. The summed E-state index contributed by atoms with van der Waals surface area (Å²) in [6.45, 7) is 1.31. The van der Waals surface area contributed by atoms with Crippen LogP contribution >= 0.6 is 0 Å². The van der Waals surface area contributed by atoms with E-state index in [0.29, 0.717) is 18.8 Å². The van der Waals surface area contributed by atoms with Crippen molar-refractivity contribution in [2.75, 3.05) is 11.1 Å². The van der Waals surface area contributed by atoms with Gasteiger partial charge in [0.25, 0.3) is 0 Å². The Labute approximate surface area is 111 Å². The third kappa shape index (κ3) is 2.38. The highest BCUT2D eigenvalue weighted by Gasteiger charge is 2.22. The lowest BCUT2D eigenvalue weighted by atomic mass is 10.1. The molecule has 0 aliphatic carbocycles. The number of hydrogen-bond donors (Lipinski definition) is 2. The van der Waals surface area contributed by atoms with Gasteiger partial charge in [0.05, 0.1) is 0 Å². The van der Waals surface area contributed by atoms with Gasteiger partial charge in [-0.15, -0.1) is 0 Å². The van der Waals surface area contributed by atoms with Gasteiger partial charge in [0.2, 0.25) is 0 Å². The third-order valence-electron chi connectivity index (χ3n) is 3.27. The molecule has 0 bridgehead atoms. The summed E-state index contributed by atoms with van der Waals surface area (Å²) in [7, 11) is 0. The summed E-state index contributed by atoms with van der Waals surface area (Å²) in [5.41, 5.74) is 9.48. The Bertz CT molecular complexity index is 599. The van der Waals surface area contributed by atoms with E-state index >= 15 is 0 Å². The number of nitrogen functional groups attached to an aromatic ring is 1. The zero-order valence-electron chi connectivity index (χ0n) is 10.5. The van der Waals surface area contributed by atoms with Crippen LogP contribution in [0.4, 0.5) is 16.2 Å². The fourth-order valence-corrected chi connectivity index (χ4v) is 2.30. The molecule has 1 aliphatic rings. The lowest BCUT2D eigenvalue weighted by Gasteiger charge is -2.16. The predicted octanol–water partition coefficient (Wildman–Crippen LogP) is 2.82. The van der Waals surface area contributed by atoms with Crippen molar-refractivity contribution < 1.29 is 4.79 Å². The minimum Gasteiger partial charge on any atom is -0.399 e. The highest BCUT2D eigenvalue weighted by molar-refractivity contribution is 5.90. The third-order valence-corrected chi connectivity index (χ3v) is 3.27. The summed E-state index contributed by atoms with van der Waals surface area (Å²) in [6.07, 6.45) is 0. The van der Waals surface area contributed by atoms with Crippen LogP contribution in [0.3, 0.4) is 0 Å². The highest BCUT2D eigenvalue weighted by atomic mass is 16.2. The molecule has 0 radical (unpaired) electrons. The van der Waals surface area contributed by atoms with Gasteiger partial charge in [-0.1, -0.05) is 30.3 Å². The number of amides is 2. The number of nitrogens with zero attached hydrogens (tertiary/aromatic N) is 1. The highest BCUT2D eigenvalue weighted by Crippen LogP contribution is 2.23. The second-order valence-electron chi connectivity index (χ2n) is 4.68. The maximum Gasteiger partial charge on any atom is 0.322 e. The monoisotopic (exact) mass is 253 g/mol. The van der Waals surface area contributed by atoms with Gasteiger partial charge >= 0.3 is 6.03 Å². The Kier molecular flexibility index (Phi) is 2.83. The van der Waals surface area contributed by atoms with Gasteiger partial charge in [-0.05, 0) is 29.3 Å². The van der Waals surface area contributed by atoms with Crippen LogP contribution in [0.15, 0.2) is 48.5 Å². The van der Waals surface area contributed by atoms with Crippen LogP contribution in [0, 0.1) is 0 Å². The number of carbonyl (C=O) groups excluding carboxylic acids is 1. The second kappa shape index (κ2) is 4.65. The minimum absolute atomic E-state index is 0.0956. The summed E-state index contributed by atoms with van der Waals surface area (Å²) in [6, 6.07) is 15.2. The van der Waals surface area contributed by atoms with E-state index in [4.69, 9.17) is 5.73 Å². The van der Waals surface area contributed by atoms with Crippen molar-refractivity contribution in [2.45, 2.75) is 13.1 Å². The van der Waals surface area contributed by atoms with Gasteiger partial charge in [-0.3, -0.25) is 0 Å². The number of urea groups is 1. The van der Waals surface area contributed by atoms with Crippen LogP contribution in [-0.2, 0) is 13.1 Å². The summed E-state index contributed by atoms with van der Waals surface area (Å²) < 4.78 is 0. The first-order valence-corrected chi connectivity index (χ1v) is 6.20. The van der Waals surface area contributed by atoms with Gasteiger partial charge < -0.3 is 16.0 Å². The molecule has 0 saturated heterocycles. The van der Waals surface area contributed by atoms with E-state index in [1.54, 1.807) is 17.0 Å². The Morgan fingerprint density at radius 3 is 2.37 bits per heavy atom. The maximum atomic E-state index is 12.2. The van der Waals surface area contributed by atoms with Crippen molar-refractivity contribution in [3.8, 4) is 0 Å². The van der Waals surface area contributed by atoms with Crippen molar-refractivity contribution >= 4 is 17.4 Å². The zero-order chi connectivity index (χ0) is 13.2. The summed E-state index contributed by atoms with van der Waals surface area (Å²) in [5.74, 6) is 0. The first-order valence-electron chi connectivity index (χ1n) is 6.20. The smallest absolute Gasteiger partial charge is 0.322 e. The first-order chi connectivity index (χ1) is 9.22. The van der Waals surface area contributed by atoms with Crippen molar-refractivity contribution in [1.82, 2.24) is 4.90 Å². The number of anilines is 2. The number of hydrogen-bond acceptors (Lipinski definition) is 2. The van der Waals surface area contributed by atoms with Crippen LogP contribution in [0.2, 0.25) is 0 Å². The molecule has 4 nitrogen and oxygen atoms in total. The zero-order valence-corrected chi connectivity index (χ0v) is 10.5. The van der Waals surface area contributed by atoms with E-state index in [2.05, 4.69) is 17.4 Å². The largest absolute Gasteiger partial charge is 0.399 e. The van der Waals surface area contributed by atoms with Gasteiger partial charge in [0.15, 0.2) is 0 Å². The molecule has 0 unspecified atom stereocenters.